The van der Waals surface area contributed by atoms with Gasteiger partial charge in [-0.3, -0.25) is 9.69 Å². The molecule has 4 rings (SSSR count). The third-order valence-electron chi connectivity index (χ3n) is 5.93. The normalized spacial score (nSPS) is 29.2. The predicted octanol–water partition coefficient (Wildman–Crippen LogP) is 3.76. The van der Waals surface area contributed by atoms with Gasteiger partial charge in [-0.2, -0.15) is 0 Å². The fourth-order valence-corrected chi connectivity index (χ4v) is 4.61. The maximum Gasteiger partial charge on any atom is 0.247 e. The number of carbonyl (C=O) groups is 1. The highest BCUT2D eigenvalue weighted by molar-refractivity contribution is 5.92. The van der Waals surface area contributed by atoms with E-state index in [0.717, 1.165) is 31.7 Å². The molecule has 0 bridgehead atoms. The second kappa shape index (κ2) is 6.73. The summed E-state index contributed by atoms with van der Waals surface area (Å²) in [5.74, 6) is 1.18. The molecule has 0 radical (unpaired) electrons. The predicted molar refractivity (Wildman–Crippen MR) is 103 cm³/mol. The van der Waals surface area contributed by atoms with Crippen LogP contribution in [0.1, 0.15) is 52.0 Å². The molecule has 2 fully saturated rings. The Kier molecular flexibility index (Phi) is 4.55. The lowest BCUT2D eigenvalue weighted by Crippen LogP contribution is -2.56. The Morgan fingerprint density at radius 3 is 2.81 bits per heavy atom. The third kappa shape index (κ3) is 3.39. The SMILES string of the molecule is CC(C)Oc1cccc(CN2CC[C@]3(C=CC(=O)N3C3CC3)C[C@@H]2C)c1. The zero-order valence-corrected chi connectivity index (χ0v) is 16.1. The van der Waals surface area contributed by atoms with Gasteiger partial charge in [-0.15, -0.1) is 0 Å². The van der Waals surface area contributed by atoms with E-state index in [1.165, 1.54) is 18.4 Å². The van der Waals surface area contributed by atoms with E-state index in [-0.39, 0.29) is 17.6 Å². The van der Waals surface area contributed by atoms with Gasteiger partial charge in [-0.05, 0) is 64.2 Å². The fraction of sp³-hybridized carbons (Fsp3) is 0.591. The van der Waals surface area contributed by atoms with Gasteiger partial charge >= 0.3 is 0 Å². The molecule has 2 aliphatic heterocycles. The Labute approximate surface area is 156 Å². The van der Waals surface area contributed by atoms with Gasteiger partial charge in [0.05, 0.1) is 11.6 Å². The Morgan fingerprint density at radius 2 is 2.12 bits per heavy atom. The summed E-state index contributed by atoms with van der Waals surface area (Å²) < 4.78 is 5.83. The third-order valence-corrected chi connectivity index (χ3v) is 5.93. The van der Waals surface area contributed by atoms with Crippen LogP contribution in [0, 0.1) is 0 Å². The van der Waals surface area contributed by atoms with E-state index in [2.05, 4.69) is 54.8 Å². The second-order valence-electron chi connectivity index (χ2n) is 8.46. The molecule has 0 N–H and O–H groups in total. The molecule has 2 heterocycles. The molecule has 4 heteroatoms. The van der Waals surface area contributed by atoms with E-state index in [0.29, 0.717) is 12.1 Å². The lowest BCUT2D eigenvalue weighted by molar-refractivity contribution is -0.131. The first kappa shape index (κ1) is 17.6. The highest BCUT2D eigenvalue weighted by Crippen LogP contribution is 2.44. The number of piperidine rings is 1. The molecule has 4 nitrogen and oxygen atoms in total. The van der Waals surface area contributed by atoms with Crippen molar-refractivity contribution in [1.82, 2.24) is 9.80 Å². The minimum absolute atomic E-state index is 0.0310. The lowest BCUT2D eigenvalue weighted by atomic mass is 9.83. The van der Waals surface area contributed by atoms with Gasteiger partial charge in [0.2, 0.25) is 5.91 Å². The fourth-order valence-electron chi connectivity index (χ4n) is 4.61. The van der Waals surface area contributed by atoms with Crippen LogP contribution in [0.15, 0.2) is 36.4 Å². The molecule has 1 aliphatic carbocycles. The van der Waals surface area contributed by atoms with Crippen LogP contribution in [0.3, 0.4) is 0 Å². The summed E-state index contributed by atoms with van der Waals surface area (Å²) in [4.78, 5) is 17.1. The minimum Gasteiger partial charge on any atom is -0.491 e. The van der Waals surface area contributed by atoms with E-state index in [9.17, 15) is 4.79 Å². The van der Waals surface area contributed by atoms with Gasteiger partial charge in [-0.1, -0.05) is 18.2 Å². The lowest BCUT2D eigenvalue weighted by Gasteiger charge is -2.48. The molecular weight excluding hydrogens is 324 g/mol. The van der Waals surface area contributed by atoms with Gasteiger partial charge in [0.15, 0.2) is 0 Å². The van der Waals surface area contributed by atoms with Gasteiger partial charge in [0, 0.05) is 31.2 Å². The summed E-state index contributed by atoms with van der Waals surface area (Å²) in [5.41, 5.74) is 1.26. The molecule has 1 aromatic carbocycles. The maximum absolute atomic E-state index is 12.3. The van der Waals surface area contributed by atoms with Crippen LogP contribution in [0.5, 0.6) is 5.75 Å². The highest BCUT2D eigenvalue weighted by Gasteiger charge is 2.50. The zero-order valence-electron chi connectivity index (χ0n) is 16.1. The van der Waals surface area contributed by atoms with Gasteiger partial charge in [-0.25, -0.2) is 0 Å². The monoisotopic (exact) mass is 354 g/mol. The Morgan fingerprint density at radius 1 is 1.31 bits per heavy atom. The summed E-state index contributed by atoms with van der Waals surface area (Å²) >= 11 is 0. The van der Waals surface area contributed by atoms with Crippen molar-refractivity contribution in [3.05, 3.63) is 42.0 Å². The number of amides is 1. The average molecular weight is 354 g/mol. The first-order valence-corrected chi connectivity index (χ1v) is 9.99. The number of likely N-dealkylation sites (tertiary alicyclic amines) is 1. The molecule has 1 amide bonds. The van der Waals surface area contributed by atoms with Crippen LogP contribution >= 0.6 is 0 Å². The Hall–Kier alpha value is -1.81. The number of hydrogen-bond donors (Lipinski definition) is 0. The number of carbonyl (C=O) groups excluding carboxylic acids is 1. The van der Waals surface area contributed by atoms with E-state index >= 15 is 0 Å². The summed E-state index contributed by atoms with van der Waals surface area (Å²) in [6.45, 7) is 8.38. The molecule has 1 aromatic rings. The van der Waals surface area contributed by atoms with E-state index < -0.39 is 0 Å². The summed E-state index contributed by atoms with van der Waals surface area (Å²) in [7, 11) is 0. The largest absolute Gasteiger partial charge is 0.491 e. The van der Waals surface area contributed by atoms with Gasteiger partial charge in [0.1, 0.15) is 5.75 Å². The molecule has 1 spiro atoms. The van der Waals surface area contributed by atoms with Crippen LogP contribution in [-0.2, 0) is 11.3 Å². The first-order valence-electron chi connectivity index (χ1n) is 9.99. The molecule has 140 valence electrons. The van der Waals surface area contributed by atoms with Crippen LogP contribution in [-0.4, -0.2) is 46.0 Å². The van der Waals surface area contributed by atoms with Crippen molar-refractivity contribution >= 4 is 5.91 Å². The van der Waals surface area contributed by atoms with Crippen molar-refractivity contribution < 1.29 is 9.53 Å². The number of rotatable bonds is 5. The number of nitrogens with zero attached hydrogens (tertiary/aromatic N) is 2. The first-order chi connectivity index (χ1) is 12.5. The van der Waals surface area contributed by atoms with Crippen LogP contribution < -0.4 is 4.74 Å². The molecule has 3 aliphatic rings. The van der Waals surface area contributed by atoms with Gasteiger partial charge < -0.3 is 9.64 Å². The number of ether oxygens (including phenoxy) is 1. The average Bonchev–Trinajstić information content (AvgIpc) is 3.36. The molecule has 1 saturated heterocycles. The van der Waals surface area contributed by atoms with Crippen LogP contribution in [0.25, 0.3) is 0 Å². The van der Waals surface area contributed by atoms with E-state index in [4.69, 9.17) is 4.74 Å². The molecule has 2 atom stereocenters. The maximum atomic E-state index is 12.3. The van der Waals surface area contributed by atoms with Crippen molar-refractivity contribution in [1.29, 1.82) is 0 Å². The highest BCUT2D eigenvalue weighted by atomic mass is 16.5. The van der Waals surface area contributed by atoms with Crippen molar-refractivity contribution in [2.45, 2.75) is 76.7 Å². The Balaban J connectivity index is 1.43. The van der Waals surface area contributed by atoms with E-state index in [1.807, 2.05) is 12.1 Å². The molecule has 1 saturated carbocycles. The molecule has 0 unspecified atom stereocenters. The Bertz CT molecular complexity index is 710. The number of hydrogen-bond acceptors (Lipinski definition) is 3. The smallest absolute Gasteiger partial charge is 0.247 e. The van der Waals surface area contributed by atoms with Crippen molar-refractivity contribution in [3.63, 3.8) is 0 Å². The molecule has 26 heavy (non-hydrogen) atoms. The van der Waals surface area contributed by atoms with Crippen molar-refractivity contribution in [2.24, 2.45) is 0 Å². The number of benzene rings is 1. The topological polar surface area (TPSA) is 32.8 Å². The molecular formula is C22H30N2O2. The molecule has 0 aromatic heterocycles. The second-order valence-corrected chi connectivity index (χ2v) is 8.46. The van der Waals surface area contributed by atoms with Crippen molar-refractivity contribution in [3.8, 4) is 5.75 Å². The quantitative estimate of drug-likeness (QED) is 0.807. The summed E-state index contributed by atoms with van der Waals surface area (Å²) in [6, 6.07) is 9.39. The van der Waals surface area contributed by atoms with Crippen molar-refractivity contribution in [2.75, 3.05) is 6.54 Å². The van der Waals surface area contributed by atoms with Crippen LogP contribution in [0.2, 0.25) is 0 Å². The minimum atomic E-state index is -0.0310. The van der Waals surface area contributed by atoms with Gasteiger partial charge in [0.25, 0.3) is 0 Å². The standard InChI is InChI=1S/C22H30N2O2/c1-16(2)26-20-6-4-5-18(13-20)15-23-12-11-22(14-17(23)3)10-9-21(25)24(22)19-7-8-19/h4-6,9-10,13,16-17,19H,7-8,11-12,14-15H2,1-3H3/t17-,22+/m0/s1. The van der Waals surface area contributed by atoms with E-state index in [1.54, 1.807) is 0 Å². The zero-order chi connectivity index (χ0) is 18.3. The van der Waals surface area contributed by atoms with Crippen LogP contribution in [0.4, 0.5) is 0 Å². The summed E-state index contributed by atoms with van der Waals surface area (Å²) in [6.07, 6.45) is 8.63. The summed E-state index contributed by atoms with van der Waals surface area (Å²) in [5, 5.41) is 0.